The molecule has 2 aromatic carbocycles. The van der Waals surface area contributed by atoms with Crippen molar-refractivity contribution in [2.75, 3.05) is 5.73 Å². The Hall–Kier alpha value is -2.63. The summed E-state index contributed by atoms with van der Waals surface area (Å²) < 4.78 is 0. The van der Waals surface area contributed by atoms with Gasteiger partial charge in [-0.25, -0.2) is 0 Å². The number of nitrogens with two attached hydrogens (primary N) is 2. The lowest BCUT2D eigenvalue weighted by atomic mass is 10.0. The van der Waals surface area contributed by atoms with E-state index in [-0.39, 0.29) is 6.04 Å². The summed E-state index contributed by atoms with van der Waals surface area (Å²) in [5, 5.41) is 10.1. The molecule has 4 aromatic rings. The number of aromatic nitrogens is 2. The highest BCUT2D eigenvalue weighted by Gasteiger charge is 2.12. The van der Waals surface area contributed by atoms with E-state index in [1.165, 1.54) is 16.0 Å². The molecule has 0 bridgehead atoms. The maximum atomic E-state index is 6.39. The van der Waals surface area contributed by atoms with Crippen molar-refractivity contribution in [1.82, 2.24) is 10.2 Å². The van der Waals surface area contributed by atoms with E-state index in [1.807, 2.05) is 24.3 Å². The third-order valence-electron chi connectivity index (χ3n) is 4.21. The van der Waals surface area contributed by atoms with Crippen LogP contribution in [0.25, 0.3) is 22.0 Å². The van der Waals surface area contributed by atoms with Crippen LogP contribution < -0.4 is 11.5 Å². The van der Waals surface area contributed by atoms with Crippen molar-refractivity contribution < 1.29 is 0 Å². The van der Waals surface area contributed by atoms with Crippen LogP contribution in [0.5, 0.6) is 0 Å². The number of thiophene rings is 1. The molecule has 0 radical (unpaired) electrons. The predicted octanol–water partition coefficient (Wildman–Crippen LogP) is 4.12. The van der Waals surface area contributed by atoms with Crippen LogP contribution in [0.15, 0.2) is 60.0 Å². The van der Waals surface area contributed by atoms with E-state index in [2.05, 4.69) is 45.9 Å². The molecule has 4 rings (SSSR count). The topological polar surface area (TPSA) is 80.7 Å². The first-order chi connectivity index (χ1) is 11.7. The Morgan fingerprint density at radius 1 is 1.04 bits per heavy atom. The van der Waals surface area contributed by atoms with E-state index >= 15 is 0 Å². The number of nitrogen functional groups attached to an aromatic ring is 1. The van der Waals surface area contributed by atoms with Crippen molar-refractivity contribution in [3.8, 4) is 11.1 Å². The van der Waals surface area contributed by atoms with Gasteiger partial charge in [0.25, 0.3) is 0 Å². The first-order valence-electron chi connectivity index (χ1n) is 7.82. The average molecular weight is 334 g/mol. The van der Waals surface area contributed by atoms with Gasteiger partial charge in [-0.3, -0.25) is 5.10 Å². The molecule has 1 unspecified atom stereocenters. The van der Waals surface area contributed by atoms with E-state index < -0.39 is 0 Å². The first kappa shape index (κ1) is 14.9. The molecule has 0 fully saturated rings. The third-order valence-corrected chi connectivity index (χ3v) is 5.27. The molecular formula is C19H18N4S. The number of fused-ring (bicyclic) bond motifs is 1. The summed E-state index contributed by atoms with van der Waals surface area (Å²) in [4.78, 5) is 1.19. The van der Waals surface area contributed by atoms with Crippen molar-refractivity contribution >= 4 is 28.1 Å². The predicted molar refractivity (Wildman–Crippen MR) is 101 cm³/mol. The van der Waals surface area contributed by atoms with Gasteiger partial charge < -0.3 is 11.5 Å². The summed E-state index contributed by atoms with van der Waals surface area (Å²) in [5.74, 6) is 0.535. The first-order valence-corrected chi connectivity index (χ1v) is 8.70. The Kier molecular flexibility index (Phi) is 3.80. The van der Waals surface area contributed by atoms with Gasteiger partial charge in [0.1, 0.15) is 0 Å². The number of aromatic amines is 1. The van der Waals surface area contributed by atoms with Gasteiger partial charge in [-0.2, -0.15) is 5.10 Å². The number of benzene rings is 2. The molecule has 0 saturated carbocycles. The molecule has 0 spiro atoms. The maximum Gasteiger partial charge on any atom is 0.153 e. The molecule has 5 heteroatoms. The zero-order valence-corrected chi connectivity index (χ0v) is 13.9. The van der Waals surface area contributed by atoms with Crippen LogP contribution in [0.2, 0.25) is 0 Å². The molecule has 1 atom stereocenters. The molecule has 4 nitrogen and oxygen atoms in total. The number of anilines is 1. The Morgan fingerprint density at radius 2 is 1.88 bits per heavy atom. The van der Waals surface area contributed by atoms with E-state index in [1.54, 1.807) is 11.3 Å². The van der Waals surface area contributed by atoms with Crippen molar-refractivity contribution in [2.24, 2.45) is 5.73 Å². The number of hydrogen-bond donors (Lipinski definition) is 3. The Labute approximate surface area is 144 Å². The second kappa shape index (κ2) is 6.11. The summed E-state index contributed by atoms with van der Waals surface area (Å²) in [5.41, 5.74) is 16.7. The number of nitrogens with one attached hydrogen (secondary N) is 1. The smallest absolute Gasteiger partial charge is 0.153 e. The van der Waals surface area contributed by atoms with E-state index in [4.69, 9.17) is 11.5 Å². The molecule has 2 heterocycles. The van der Waals surface area contributed by atoms with Crippen molar-refractivity contribution in [3.05, 3.63) is 70.4 Å². The lowest BCUT2D eigenvalue weighted by Gasteiger charge is -2.09. The number of rotatable bonds is 4. The summed E-state index contributed by atoms with van der Waals surface area (Å²) in [6.45, 7) is 0. The highest BCUT2D eigenvalue weighted by molar-refractivity contribution is 7.10. The van der Waals surface area contributed by atoms with Crippen LogP contribution in [0.1, 0.15) is 16.5 Å². The van der Waals surface area contributed by atoms with Gasteiger partial charge in [-0.05, 0) is 46.7 Å². The van der Waals surface area contributed by atoms with Gasteiger partial charge in [0.2, 0.25) is 0 Å². The molecule has 120 valence electrons. The van der Waals surface area contributed by atoms with Gasteiger partial charge in [0, 0.05) is 16.3 Å². The fourth-order valence-corrected chi connectivity index (χ4v) is 3.81. The molecule has 0 aliphatic carbocycles. The molecular weight excluding hydrogens is 316 g/mol. The highest BCUT2D eigenvalue weighted by Crippen LogP contribution is 2.32. The average Bonchev–Trinajstić information content (AvgIpc) is 3.23. The summed E-state index contributed by atoms with van der Waals surface area (Å²) in [7, 11) is 0. The number of nitrogens with zero attached hydrogens (tertiary/aromatic N) is 1. The molecule has 0 aliphatic rings. The minimum absolute atomic E-state index is 0.0117. The lowest BCUT2D eigenvalue weighted by molar-refractivity contribution is 0.737. The summed E-state index contributed by atoms with van der Waals surface area (Å²) in [6.07, 6.45) is 0.844. The Morgan fingerprint density at radius 3 is 2.71 bits per heavy atom. The van der Waals surface area contributed by atoms with Crippen LogP contribution in [0, 0.1) is 0 Å². The monoisotopic (exact) mass is 334 g/mol. The fraction of sp³-hybridized carbons (Fsp3) is 0.105. The van der Waals surface area contributed by atoms with Gasteiger partial charge in [0.05, 0.1) is 5.52 Å². The minimum atomic E-state index is 0.0117. The van der Waals surface area contributed by atoms with Gasteiger partial charge >= 0.3 is 0 Å². The second-order valence-corrected chi connectivity index (χ2v) is 6.85. The molecule has 0 aliphatic heterocycles. The van der Waals surface area contributed by atoms with Crippen molar-refractivity contribution in [3.63, 3.8) is 0 Å². The molecule has 0 amide bonds. The number of hydrogen-bond acceptors (Lipinski definition) is 4. The van der Waals surface area contributed by atoms with E-state index in [0.29, 0.717) is 5.82 Å². The SMILES string of the molecule is Nc1n[nH]c2cc(-c3csc(C(N)Cc4ccccc4)c3)ccc12. The summed E-state index contributed by atoms with van der Waals surface area (Å²) in [6, 6.07) is 18.7. The van der Waals surface area contributed by atoms with E-state index in [9.17, 15) is 0 Å². The minimum Gasteiger partial charge on any atom is -0.382 e. The molecule has 5 N–H and O–H groups in total. The lowest BCUT2D eigenvalue weighted by Crippen LogP contribution is -2.11. The third kappa shape index (κ3) is 2.79. The summed E-state index contributed by atoms with van der Waals surface area (Å²) >= 11 is 1.71. The van der Waals surface area contributed by atoms with Gasteiger partial charge in [-0.15, -0.1) is 11.3 Å². The maximum absolute atomic E-state index is 6.39. The standard InChI is InChI=1S/C19H18N4S/c20-16(8-12-4-2-1-3-5-12)18-10-14(11-24-18)13-6-7-15-17(9-13)22-23-19(15)21/h1-7,9-11,16H,8,20H2,(H3,21,22,23). The second-order valence-electron chi connectivity index (χ2n) is 5.90. The zero-order chi connectivity index (χ0) is 16.5. The number of H-pyrrole nitrogens is 1. The van der Waals surface area contributed by atoms with Crippen LogP contribution in [-0.4, -0.2) is 10.2 Å². The molecule has 2 aromatic heterocycles. The van der Waals surface area contributed by atoms with E-state index in [0.717, 1.165) is 22.9 Å². The van der Waals surface area contributed by atoms with Crippen LogP contribution in [-0.2, 0) is 6.42 Å². The van der Waals surface area contributed by atoms with Crippen LogP contribution in [0.3, 0.4) is 0 Å². The van der Waals surface area contributed by atoms with Crippen molar-refractivity contribution in [2.45, 2.75) is 12.5 Å². The van der Waals surface area contributed by atoms with Gasteiger partial charge in [0.15, 0.2) is 5.82 Å². The highest BCUT2D eigenvalue weighted by atomic mass is 32.1. The normalized spacial score (nSPS) is 12.5. The van der Waals surface area contributed by atoms with Crippen LogP contribution in [0.4, 0.5) is 5.82 Å². The Balaban J connectivity index is 1.59. The quantitative estimate of drug-likeness (QED) is 0.525. The molecule has 24 heavy (non-hydrogen) atoms. The largest absolute Gasteiger partial charge is 0.382 e. The fourth-order valence-electron chi connectivity index (χ4n) is 2.89. The Bertz CT molecular complexity index is 971. The van der Waals surface area contributed by atoms with Gasteiger partial charge in [-0.1, -0.05) is 36.4 Å². The molecule has 0 saturated heterocycles. The van der Waals surface area contributed by atoms with Crippen LogP contribution >= 0.6 is 11.3 Å². The zero-order valence-electron chi connectivity index (χ0n) is 13.1. The van der Waals surface area contributed by atoms with Crippen molar-refractivity contribution in [1.29, 1.82) is 0 Å².